The molecule has 0 saturated carbocycles. The number of nitrogens with zero attached hydrogens (tertiary/aromatic N) is 1. The third-order valence-electron chi connectivity index (χ3n) is 0.790. The van der Waals surface area contributed by atoms with E-state index in [0.717, 1.165) is 19.8 Å². The van der Waals surface area contributed by atoms with E-state index in [0.29, 0.717) is 0 Å². The summed E-state index contributed by atoms with van der Waals surface area (Å²) in [4.78, 5) is 3.97. The van der Waals surface area contributed by atoms with Crippen LogP contribution < -0.4 is 0 Å². The van der Waals surface area contributed by atoms with Gasteiger partial charge in [-0.05, 0) is 0 Å². The van der Waals surface area contributed by atoms with Crippen molar-refractivity contribution in [2.75, 3.05) is 19.8 Å². The Hall–Kier alpha value is -0.370. The fourth-order valence-corrected chi connectivity index (χ4v) is 0.461. The second-order valence-electron chi connectivity index (χ2n) is 1.37. The Bertz CT molecular complexity index is 62.5. The molecule has 0 atom stereocenters. The van der Waals surface area contributed by atoms with Gasteiger partial charge in [-0.15, -0.1) is 0 Å². The molecule has 1 heterocycles. The van der Waals surface area contributed by atoms with Gasteiger partial charge in [0.1, 0.15) is 0 Å². The number of hydrogen-bond donors (Lipinski definition) is 0. The molecule has 0 fully saturated rings. The van der Waals surface area contributed by atoms with Crippen LogP contribution in [0.15, 0.2) is 4.99 Å². The molecule has 1 rings (SSSR count). The second kappa shape index (κ2) is 2.75. The summed E-state index contributed by atoms with van der Waals surface area (Å²) in [5.74, 6) is 0. The van der Waals surface area contributed by atoms with Crippen molar-refractivity contribution in [1.82, 2.24) is 0 Å². The second-order valence-corrected chi connectivity index (χ2v) is 1.37. The smallest absolute Gasteiger partial charge is 0.0662 e. The van der Waals surface area contributed by atoms with Gasteiger partial charge in [0.25, 0.3) is 0 Å². The SMILES string of the molecule is [CH]1C=NCCOC1. The van der Waals surface area contributed by atoms with Crippen molar-refractivity contribution in [2.24, 2.45) is 4.99 Å². The summed E-state index contributed by atoms with van der Waals surface area (Å²) in [5.41, 5.74) is 0. The largest absolute Gasteiger partial charge is 0.379 e. The van der Waals surface area contributed by atoms with Crippen LogP contribution in [0.1, 0.15) is 0 Å². The first-order valence-corrected chi connectivity index (χ1v) is 2.39. The number of rotatable bonds is 0. The standard InChI is InChI=1S/C5H8NO/c1-2-6-3-5-7-4-1/h1-2H,3-5H2. The fraction of sp³-hybridized carbons (Fsp3) is 0.600. The predicted octanol–water partition coefficient (Wildman–Crippen LogP) is 0.292. The maximum atomic E-state index is 5.01. The summed E-state index contributed by atoms with van der Waals surface area (Å²) >= 11 is 0. The molecule has 1 radical (unpaired) electrons. The Labute approximate surface area is 43.2 Å². The molecule has 0 N–H and O–H groups in total. The van der Waals surface area contributed by atoms with Crippen molar-refractivity contribution in [3.05, 3.63) is 6.42 Å². The normalized spacial score (nSPS) is 21.7. The van der Waals surface area contributed by atoms with Gasteiger partial charge in [-0.25, -0.2) is 0 Å². The highest BCUT2D eigenvalue weighted by Gasteiger charge is 1.88. The third kappa shape index (κ3) is 1.69. The molecule has 0 aromatic heterocycles. The molecule has 0 aliphatic carbocycles. The first-order valence-electron chi connectivity index (χ1n) is 2.39. The van der Waals surface area contributed by atoms with Crippen LogP contribution in [0.4, 0.5) is 0 Å². The van der Waals surface area contributed by atoms with Gasteiger partial charge in [0.15, 0.2) is 0 Å². The van der Waals surface area contributed by atoms with Gasteiger partial charge in [-0.2, -0.15) is 0 Å². The molecule has 0 aromatic rings. The van der Waals surface area contributed by atoms with Crippen molar-refractivity contribution in [1.29, 1.82) is 0 Å². The van der Waals surface area contributed by atoms with E-state index in [1.165, 1.54) is 0 Å². The molecule has 1 aliphatic heterocycles. The third-order valence-corrected chi connectivity index (χ3v) is 0.790. The molecule has 0 saturated heterocycles. The summed E-state index contributed by atoms with van der Waals surface area (Å²) in [6, 6.07) is 0. The minimum absolute atomic E-state index is 0.726. The lowest BCUT2D eigenvalue weighted by atomic mass is 10.5. The van der Waals surface area contributed by atoms with E-state index in [9.17, 15) is 0 Å². The molecule has 2 nitrogen and oxygen atoms in total. The van der Waals surface area contributed by atoms with E-state index in [1.54, 1.807) is 6.21 Å². The Morgan fingerprint density at radius 1 is 1.57 bits per heavy atom. The Balaban J connectivity index is 2.20. The van der Waals surface area contributed by atoms with Crippen molar-refractivity contribution >= 4 is 6.21 Å². The van der Waals surface area contributed by atoms with Crippen LogP contribution in [0.25, 0.3) is 0 Å². The first-order chi connectivity index (χ1) is 3.50. The number of aliphatic imine (C=N–C) groups is 1. The first kappa shape index (κ1) is 4.78. The van der Waals surface area contributed by atoms with Gasteiger partial charge in [0.2, 0.25) is 0 Å². The molecule has 0 spiro atoms. The highest BCUT2D eigenvalue weighted by molar-refractivity contribution is 5.67. The Morgan fingerprint density at radius 2 is 2.57 bits per heavy atom. The molecule has 0 unspecified atom stereocenters. The van der Waals surface area contributed by atoms with Gasteiger partial charge >= 0.3 is 0 Å². The molecule has 7 heavy (non-hydrogen) atoms. The van der Waals surface area contributed by atoms with Gasteiger partial charge < -0.3 is 4.74 Å². The quantitative estimate of drug-likeness (QED) is 0.426. The van der Waals surface area contributed by atoms with Crippen LogP contribution in [-0.2, 0) is 4.74 Å². The fourth-order valence-electron chi connectivity index (χ4n) is 0.461. The summed E-state index contributed by atoms with van der Waals surface area (Å²) in [6.45, 7) is 2.31. The van der Waals surface area contributed by atoms with Gasteiger partial charge in [-0.3, -0.25) is 4.99 Å². The highest BCUT2D eigenvalue weighted by Crippen LogP contribution is 1.83. The minimum atomic E-state index is 0.726. The molecule has 0 bridgehead atoms. The van der Waals surface area contributed by atoms with Crippen LogP contribution in [0, 0.1) is 6.42 Å². The molecular formula is C5H8NO. The van der Waals surface area contributed by atoms with E-state index in [1.807, 2.05) is 6.42 Å². The predicted molar refractivity (Wildman–Crippen MR) is 28.5 cm³/mol. The maximum Gasteiger partial charge on any atom is 0.0662 e. The van der Waals surface area contributed by atoms with Crippen molar-refractivity contribution < 1.29 is 4.74 Å². The van der Waals surface area contributed by atoms with Gasteiger partial charge in [0.05, 0.1) is 19.8 Å². The molecule has 0 amide bonds. The number of hydrogen-bond acceptors (Lipinski definition) is 2. The summed E-state index contributed by atoms with van der Waals surface area (Å²) < 4.78 is 5.01. The van der Waals surface area contributed by atoms with Crippen LogP contribution in [0.5, 0.6) is 0 Å². The van der Waals surface area contributed by atoms with Gasteiger partial charge in [-0.1, -0.05) is 0 Å². The average Bonchev–Trinajstić information content (AvgIpc) is 1.90. The van der Waals surface area contributed by atoms with E-state index in [-0.39, 0.29) is 0 Å². The van der Waals surface area contributed by atoms with Crippen LogP contribution >= 0.6 is 0 Å². The lowest BCUT2D eigenvalue weighted by Crippen LogP contribution is -1.94. The summed E-state index contributed by atoms with van der Waals surface area (Å²) in [6.07, 6.45) is 3.71. The molecule has 2 heteroatoms. The average molecular weight is 98.1 g/mol. The van der Waals surface area contributed by atoms with Crippen LogP contribution in [0.3, 0.4) is 0 Å². The maximum absolute atomic E-state index is 5.01. The van der Waals surface area contributed by atoms with Gasteiger partial charge in [0, 0.05) is 12.6 Å². The molecule has 39 valence electrons. The zero-order valence-corrected chi connectivity index (χ0v) is 4.13. The molecule has 1 aliphatic rings. The molecule has 0 aromatic carbocycles. The Kier molecular flexibility index (Phi) is 1.88. The summed E-state index contributed by atoms with van der Waals surface area (Å²) in [7, 11) is 0. The lowest BCUT2D eigenvalue weighted by molar-refractivity contribution is 0.169. The van der Waals surface area contributed by atoms with Crippen molar-refractivity contribution in [2.45, 2.75) is 0 Å². The minimum Gasteiger partial charge on any atom is -0.379 e. The van der Waals surface area contributed by atoms with E-state index in [4.69, 9.17) is 4.74 Å². The zero-order chi connectivity index (χ0) is 4.95. The Morgan fingerprint density at radius 3 is 3.57 bits per heavy atom. The number of ether oxygens (including phenoxy) is 1. The van der Waals surface area contributed by atoms with E-state index in [2.05, 4.69) is 4.99 Å². The topological polar surface area (TPSA) is 21.6 Å². The zero-order valence-electron chi connectivity index (χ0n) is 4.13. The highest BCUT2D eigenvalue weighted by atomic mass is 16.5. The summed E-state index contributed by atoms with van der Waals surface area (Å²) in [5, 5.41) is 0. The lowest BCUT2D eigenvalue weighted by Gasteiger charge is -1.90. The van der Waals surface area contributed by atoms with E-state index < -0.39 is 0 Å². The van der Waals surface area contributed by atoms with Crippen molar-refractivity contribution in [3.63, 3.8) is 0 Å². The van der Waals surface area contributed by atoms with Crippen molar-refractivity contribution in [3.8, 4) is 0 Å². The van der Waals surface area contributed by atoms with Crippen LogP contribution in [-0.4, -0.2) is 26.0 Å². The molecular weight excluding hydrogens is 90.1 g/mol. The van der Waals surface area contributed by atoms with Crippen LogP contribution in [0.2, 0.25) is 0 Å². The van der Waals surface area contributed by atoms with E-state index >= 15 is 0 Å². The monoisotopic (exact) mass is 98.1 g/mol.